The van der Waals surface area contributed by atoms with Crippen LogP contribution in [0.3, 0.4) is 0 Å². The largest absolute Gasteiger partial charge is 0.493 e. The number of benzene rings is 2. The molecule has 31 heavy (non-hydrogen) atoms. The Kier molecular flexibility index (Phi) is 8.92. The third-order valence-electron chi connectivity index (χ3n) is 4.57. The van der Waals surface area contributed by atoms with Crippen LogP contribution in [-0.2, 0) is 13.2 Å². The molecule has 3 aromatic rings. The lowest BCUT2D eigenvalue weighted by Gasteiger charge is -2.14. The highest BCUT2D eigenvalue weighted by Crippen LogP contribution is 2.25. The van der Waals surface area contributed by atoms with E-state index in [1.807, 2.05) is 19.1 Å². The fraction of sp³-hybridized carbons (Fsp3) is 0.304. The van der Waals surface area contributed by atoms with E-state index in [0.29, 0.717) is 41.0 Å². The van der Waals surface area contributed by atoms with E-state index in [1.54, 1.807) is 41.1 Å². The van der Waals surface area contributed by atoms with Crippen LogP contribution < -0.4 is 10.1 Å². The van der Waals surface area contributed by atoms with Crippen molar-refractivity contribution in [2.75, 3.05) is 11.9 Å². The minimum atomic E-state index is -0.312. The second-order valence-corrected chi connectivity index (χ2v) is 7.99. The molecule has 0 aliphatic rings. The molecule has 1 aromatic heterocycles. The second kappa shape index (κ2) is 11.2. The molecular weight excluding hydrogens is 437 g/mol. The molecule has 0 aliphatic carbocycles. The van der Waals surface area contributed by atoms with Crippen molar-refractivity contribution in [3.63, 3.8) is 0 Å². The van der Waals surface area contributed by atoms with Crippen LogP contribution in [0.1, 0.15) is 41.0 Å². The van der Waals surface area contributed by atoms with Crippen LogP contribution >= 0.6 is 24.0 Å². The van der Waals surface area contributed by atoms with Gasteiger partial charge in [-0.05, 0) is 42.7 Å². The zero-order valence-electron chi connectivity index (χ0n) is 17.8. The van der Waals surface area contributed by atoms with E-state index in [0.717, 1.165) is 17.0 Å². The van der Waals surface area contributed by atoms with Crippen molar-refractivity contribution in [3.05, 3.63) is 75.9 Å². The average Bonchev–Trinajstić information content (AvgIpc) is 3.05. The van der Waals surface area contributed by atoms with Gasteiger partial charge in [-0.15, -0.1) is 12.4 Å². The first-order valence-corrected chi connectivity index (χ1v) is 10.2. The first-order valence-electron chi connectivity index (χ1n) is 9.83. The maximum absolute atomic E-state index is 12.6. The predicted molar refractivity (Wildman–Crippen MR) is 125 cm³/mol. The molecule has 0 saturated carbocycles. The Morgan fingerprint density at radius 1 is 1.19 bits per heavy atom. The summed E-state index contributed by atoms with van der Waals surface area (Å²) in [6.07, 6.45) is 0. The molecule has 0 radical (unpaired) electrons. The number of hydrogen-bond acceptors (Lipinski definition) is 4. The number of anilines is 1. The molecule has 0 saturated heterocycles. The van der Waals surface area contributed by atoms with Crippen molar-refractivity contribution in [2.45, 2.75) is 33.9 Å². The summed E-state index contributed by atoms with van der Waals surface area (Å²) in [5, 5.41) is 17.4. The monoisotopic (exact) mass is 463 g/mol. The number of amides is 1. The summed E-state index contributed by atoms with van der Waals surface area (Å²) in [6, 6.07) is 14.3. The Labute approximate surface area is 193 Å². The van der Waals surface area contributed by atoms with Gasteiger partial charge in [0.25, 0.3) is 5.91 Å². The maximum atomic E-state index is 12.6. The quantitative estimate of drug-likeness (QED) is 0.487. The van der Waals surface area contributed by atoms with E-state index in [9.17, 15) is 9.90 Å². The number of aromatic nitrogens is 2. The summed E-state index contributed by atoms with van der Waals surface area (Å²) in [6.45, 7) is 6.98. The summed E-state index contributed by atoms with van der Waals surface area (Å²) in [7, 11) is 0. The smallest absolute Gasteiger partial charge is 0.257 e. The Bertz CT molecular complexity index is 1030. The van der Waals surface area contributed by atoms with E-state index < -0.39 is 0 Å². The lowest BCUT2D eigenvalue weighted by Crippen LogP contribution is -2.15. The number of carbonyl (C=O) groups excluding carboxylic acids is 1. The predicted octanol–water partition coefficient (Wildman–Crippen LogP) is 5.09. The van der Waals surface area contributed by atoms with Crippen LogP contribution in [0.25, 0.3) is 0 Å². The SMILES string of the molecule is Cc1cc(NC(=O)c2ccccc2CO)nn1Cc1cc(Cl)ccc1OCC(C)C.Cl. The standard InChI is InChI=1S/C23H26ClN3O3.ClH/c1-15(2)14-30-21-9-8-19(24)11-18(21)12-27-16(3)10-22(26-27)25-23(29)20-7-5-4-6-17(20)13-28;/h4-11,15,28H,12-14H2,1-3H3,(H,25,26,29);1H. The minimum Gasteiger partial charge on any atom is -0.493 e. The van der Waals surface area contributed by atoms with Gasteiger partial charge in [0.2, 0.25) is 0 Å². The molecular formula is C23H27Cl2N3O3. The average molecular weight is 464 g/mol. The van der Waals surface area contributed by atoms with Gasteiger partial charge >= 0.3 is 0 Å². The van der Waals surface area contributed by atoms with Gasteiger partial charge in [-0.1, -0.05) is 43.6 Å². The van der Waals surface area contributed by atoms with Crippen molar-refractivity contribution in [2.24, 2.45) is 5.92 Å². The zero-order chi connectivity index (χ0) is 21.7. The third kappa shape index (κ3) is 6.47. The number of halogens is 2. The molecule has 1 amide bonds. The molecule has 2 aromatic carbocycles. The Hall–Kier alpha value is -2.54. The van der Waals surface area contributed by atoms with Crippen molar-refractivity contribution in [1.82, 2.24) is 9.78 Å². The summed E-state index contributed by atoms with van der Waals surface area (Å²) in [5.74, 6) is 1.30. The van der Waals surface area contributed by atoms with Crippen LogP contribution in [0.5, 0.6) is 5.75 Å². The number of hydrogen-bond donors (Lipinski definition) is 2. The number of aliphatic hydroxyl groups excluding tert-OH is 1. The highest BCUT2D eigenvalue weighted by molar-refractivity contribution is 6.30. The van der Waals surface area contributed by atoms with Crippen LogP contribution in [-0.4, -0.2) is 27.4 Å². The Morgan fingerprint density at radius 2 is 1.94 bits per heavy atom. The lowest BCUT2D eigenvalue weighted by atomic mass is 10.1. The fourth-order valence-corrected chi connectivity index (χ4v) is 3.22. The van der Waals surface area contributed by atoms with Gasteiger partial charge < -0.3 is 15.2 Å². The first kappa shape index (κ1) is 24.7. The molecule has 0 bridgehead atoms. The molecule has 0 atom stereocenters. The highest BCUT2D eigenvalue weighted by atomic mass is 35.5. The van der Waals surface area contributed by atoms with Gasteiger partial charge in [0, 0.05) is 27.9 Å². The van der Waals surface area contributed by atoms with Gasteiger partial charge in [0.05, 0.1) is 19.8 Å². The summed E-state index contributed by atoms with van der Waals surface area (Å²) >= 11 is 6.19. The summed E-state index contributed by atoms with van der Waals surface area (Å²) < 4.78 is 7.72. The molecule has 8 heteroatoms. The lowest BCUT2D eigenvalue weighted by molar-refractivity contribution is 0.102. The molecule has 0 fully saturated rings. The number of aryl methyl sites for hydroxylation is 1. The number of aliphatic hydroxyl groups is 1. The van der Waals surface area contributed by atoms with Gasteiger partial charge in [-0.3, -0.25) is 9.48 Å². The van der Waals surface area contributed by atoms with Crippen molar-refractivity contribution in [3.8, 4) is 5.75 Å². The topological polar surface area (TPSA) is 76.4 Å². The molecule has 0 aliphatic heterocycles. The normalized spacial score (nSPS) is 10.6. The van der Waals surface area contributed by atoms with Gasteiger partial charge in [-0.25, -0.2) is 0 Å². The molecule has 2 N–H and O–H groups in total. The number of ether oxygens (including phenoxy) is 1. The highest BCUT2D eigenvalue weighted by Gasteiger charge is 2.14. The Balaban J connectivity index is 0.00000341. The Morgan fingerprint density at radius 3 is 2.65 bits per heavy atom. The van der Waals surface area contributed by atoms with E-state index in [-0.39, 0.29) is 24.9 Å². The molecule has 1 heterocycles. The van der Waals surface area contributed by atoms with Crippen molar-refractivity contribution >= 4 is 35.7 Å². The molecule has 166 valence electrons. The number of rotatable bonds is 8. The van der Waals surface area contributed by atoms with Crippen LogP contribution in [0.2, 0.25) is 5.02 Å². The third-order valence-corrected chi connectivity index (χ3v) is 4.81. The van der Waals surface area contributed by atoms with Gasteiger partial charge in [0.15, 0.2) is 5.82 Å². The van der Waals surface area contributed by atoms with Crippen molar-refractivity contribution < 1.29 is 14.6 Å². The van der Waals surface area contributed by atoms with E-state index in [1.165, 1.54) is 0 Å². The summed E-state index contributed by atoms with van der Waals surface area (Å²) in [5.41, 5.74) is 2.79. The van der Waals surface area contributed by atoms with Crippen LogP contribution in [0.15, 0.2) is 48.5 Å². The molecule has 6 nitrogen and oxygen atoms in total. The van der Waals surface area contributed by atoms with Gasteiger partial charge in [-0.2, -0.15) is 5.10 Å². The summed E-state index contributed by atoms with van der Waals surface area (Å²) in [4.78, 5) is 12.6. The second-order valence-electron chi connectivity index (χ2n) is 7.55. The van der Waals surface area contributed by atoms with Gasteiger partial charge in [0.1, 0.15) is 5.75 Å². The van der Waals surface area contributed by atoms with E-state index >= 15 is 0 Å². The van der Waals surface area contributed by atoms with E-state index in [2.05, 4.69) is 24.3 Å². The molecule has 0 spiro atoms. The number of nitrogens with zero attached hydrogens (tertiary/aromatic N) is 2. The number of carbonyl (C=O) groups is 1. The van der Waals surface area contributed by atoms with Crippen LogP contribution in [0.4, 0.5) is 5.82 Å². The molecule has 3 rings (SSSR count). The van der Waals surface area contributed by atoms with E-state index in [4.69, 9.17) is 16.3 Å². The van der Waals surface area contributed by atoms with Crippen molar-refractivity contribution in [1.29, 1.82) is 0 Å². The maximum Gasteiger partial charge on any atom is 0.257 e. The first-order chi connectivity index (χ1) is 14.4. The molecule has 0 unspecified atom stereocenters. The van der Waals surface area contributed by atoms with Crippen LogP contribution in [0, 0.1) is 12.8 Å². The zero-order valence-corrected chi connectivity index (χ0v) is 19.3. The fourth-order valence-electron chi connectivity index (χ4n) is 3.02. The minimum absolute atomic E-state index is 0. The number of nitrogens with one attached hydrogen (secondary N) is 1.